The fraction of sp³-hybridized carbons (Fsp3) is 0.235. The van der Waals surface area contributed by atoms with E-state index < -0.39 is 17.6 Å². The summed E-state index contributed by atoms with van der Waals surface area (Å²) in [6.07, 6.45) is 0.00846. The second-order valence-electron chi connectivity index (χ2n) is 5.05. The molecule has 0 saturated carbocycles. The minimum atomic E-state index is -0.675. The highest BCUT2D eigenvalue weighted by Gasteiger charge is 2.23. The van der Waals surface area contributed by atoms with E-state index in [2.05, 4.69) is 15.9 Å². The van der Waals surface area contributed by atoms with Crippen LogP contribution >= 0.6 is 15.9 Å². The number of hydrogen-bond acceptors (Lipinski definition) is 2. The van der Waals surface area contributed by atoms with Crippen LogP contribution < -0.4 is 0 Å². The highest BCUT2D eigenvalue weighted by atomic mass is 79.9. The average molecular weight is 384 g/mol. The minimum Gasteiger partial charge on any atom is -0.275 e. The van der Waals surface area contributed by atoms with Crippen LogP contribution in [0.4, 0.5) is 8.78 Å². The average Bonchev–Trinajstić information content (AvgIpc) is 2.53. The Bertz CT molecular complexity index is 691. The Morgan fingerprint density at radius 1 is 1.22 bits per heavy atom. The molecule has 122 valence electrons. The molecule has 3 nitrogen and oxygen atoms in total. The van der Waals surface area contributed by atoms with Crippen molar-refractivity contribution in [1.82, 2.24) is 5.06 Å². The molecular formula is C17H16BrF2NO2. The smallest absolute Gasteiger partial charge is 0.246 e. The van der Waals surface area contributed by atoms with Gasteiger partial charge in [0.2, 0.25) is 5.91 Å². The van der Waals surface area contributed by atoms with Crippen molar-refractivity contribution in [1.29, 1.82) is 0 Å². The fourth-order valence-corrected chi connectivity index (χ4v) is 2.56. The predicted octanol–water partition coefficient (Wildman–Crippen LogP) is 4.27. The Hall–Kier alpha value is -1.79. The van der Waals surface area contributed by atoms with Gasteiger partial charge in [0.1, 0.15) is 11.6 Å². The van der Waals surface area contributed by atoms with Gasteiger partial charge in [0.05, 0.1) is 7.11 Å². The van der Waals surface area contributed by atoms with E-state index >= 15 is 0 Å². The lowest BCUT2D eigenvalue weighted by atomic mass is 9.88. The molecule has 1 amide bonds. The standard InChI is InChI=1S/C17H16BrF2NO2/c1-21(23-2)17(22)10-15(11-3-5-12(18)6-4-11)14-8-7-13(19)9-16(14)20/h3-9,15H,10H2,1-2H3/t15-/m0/s1. The summed E-state index contributed by atoms with van der Waals surface area (Å²) in [5.41, 5.74) is 1.03. The summed E-state index contributed by atoms with van der Waals surface area (Å²) in [6.45, 7) is 0. The van der Waals surface area contributed by atoms with Crippen molar-refractivity contribution in [3.63, 3.8) is 0 Å². The maximum atomic E-state index is 14.2. The topological polar surface area (TPSA) is 29.5 Å². The van der Waals surface area contributed by atoms with E-state index in [9.17, 15) is 13.6 Å². The molecule has 0 unspecified atom stereocenters. The third kappa shape index (κ3) is 4.36. The van der Waals surface area contributed by atoms with Crippen LogP contribution in [0.1, 0.15) is 23.5 Å². The van der Waals surface area contributed by atoms with E-state index in [1.165, 1.54) is 26.3 Å². The molecule has 2 aromatic carbocycles. The Balaban J connectivity index is 2.42. The molecule has 0 heterocycles. The molecule has 0 aliphatic heterocycles. The van der Waals surface area contributed by atoms with Gasteiger partial charge >= 0.3 is 0 Å². The zero-order chi connectivity index (χ0) is 17.0. The molecule has 1 atom stereocenters. The predicted molar refractivity (Wildman–Crippen MR) is 86.7 cm³/mol. The molecule has 6 heteroatoms. The van der Waals surface area contributed by atoms with Gasteiger partial charge in [-0.05, 0) is 29.3 Å². The SMILES string of the molecule is CON(C)C(=O)C[C@@H](c1ccc(Br)cc1)c1ccc(F)cc1F. The van der Waals surface area contributed by atoms with Crippen LogP contribution in [0.5, 0.6) is 0 Å². The first-order chi connectivity index (χ1) is 10.9. The highest BCUT2D eigenvalue weighted by Crippen LogP contribution is 2.31. The first kappa shape index (κ1) is 17.6. The van der Waals surface area contributed by atoms with E-state index in [4.69, 9.17) is 4.84 Å². The van der Waals surface area contributed by atoms with Gasteiger partial charge in [-0.2, -0.15) is 0 Å². The summed E-state index contributed by atoms with van der Waals surface area (Å²) in [7, 11) is 2.87. The van der Waals surface area contributed by atoms with Crippen molar-refractivity contribution >= 4 is 21.8 Å². The zero-order valence-electron chi connectivity index (χ0n) is 12.7. The normalized spacial score (nSPS) is 12.0. The number of nitrogens with zero attached hydrogens (tertiary/aromatic N) is 1. The highest BCUT2D eigenvalue weighted by molar-refractivity contribution is 9.10. The third-order valence-electron chi connectivity index (χ3n) is 3.61. The van der Waals surface area contributed by atoms with Crippen molar-refractivity contribution in [2.24, 2.45) is 0 Å². The molecule has 0 N–H and O–H groups in total. The van der Waals surface area contributed by atoms with Crippen molar-refractivity contribution in [2.45, 2.75) is 12.3 Å². The summed E-state index contributed by atoms with van der Waals surface area (Å²) >= 11 is 3.34. The van der Waals surface area contributed by atoms with Crippen LogP contribution in [0, 0.1) is 11.6 Å². The monoisotopic (exact) mass is 383 g/mol. The summed E-state index contributed by atoms with van der Waals surface area (Å²) in [4.78, 5) is 17.0. The van der Waals surface area contributed by atoms with Gasteiger partial charge in [0.15, 0.2) is 0 Å². The van der Waals surface area contributed by atoms with E-state index in [0.29, 0.717) is 0 Å². The summed E-state index contributed by atoms with van der Waals surface area (Å²) in [5, 5.41) is 1.09. The number of hydroxylamine groups is 2. The lowest BCUT2D eigenvalue weighted by molar-refractivity contribution is -0.168. The van der Waals surface area contributed by atoms with Gasteiger partial charge in [-0.1, -0.05) is 34.1 Å². The lowest BCUT2D eigenvalue weighted by Crippen LogP contribution is -2.27. The Kier molecular flexibility index (Phi) is 5.85. The van der Waals surface area contributed by atoms with E-state index in [0.717, 1.165) is 21.2 Å². The van der Waals surface area contributed by atoms with Crippen molar-refractivity contribution in [3.8, 4) is 0 Å². The van der Waals surface area contributed by atoms with Gasteiger partial charge in [0, 0.05) is 29.9 Å². The van der Waals surface area contributed by atoms with Crippen LogP contribution in [0.2, 0.25) is 0 Å². The molecule has 0 saturated heterocycles. The molecular weight excluding hydrogens is 368 g/mol. The van der Waals surface area contributed by atoms with E-state index in [-0.39, 0.29) is 17.9 Å². The number of rotatable bonds is 5. The Labute approximate surface area is 142 Å². The van der Waals surface area contributed by atoms with Crippen molar-refractivity contribution < 1.29 is 18.4 Å². The molecule has 0 bridgehead atoms. The largest absolute Gasteiger partial charge is 0.275 e. The molecule has 0 aromatic heterocycles. The minimum absolute atomic E-state index is 0.00846. The zero-order valence-corrected chi connectivity index (χ0v) is 14.3. The van der Waals surface area contributed by atoms with Crippen LogP contribution in [0.3, 0.4) is 0 Å². The molecule has 2 rings (SSSR count). The van der Waals surface area contributed by atoms with Crippen LogP contribution in [-0.2, 0) is 9.63 Å². The number of amides is 1. The summed E-state index contributed by atoms with van der Waals surface area (Å²) < 4.78 is 28.2. The van der Waals surface area contributed by atoms with Gasteiger partial charge in [-0.15, -0.1) is 0 Å². The number of carbonyl (C=O) groups excluding carboxylic acids is 1. The van der Waals surface area contributed by atoms with Gasteiger partial charge in [0.25, 0.3) is 0 Å². The Morgan fingerprint density at radius 2 is 1.87 bits per heavy atom. The number of halogens is 3. The third-order valence-corrected chi connectivity index (χ3v) is 4.14. The second-order valence-corrected chi connectivity index (χ2v) is 5.96. The molecule has 23 heavy (non-hydrogen) atoms. The maximum Gasteiger partial charge on any atom is 0.246 e. The Morgan fingerprint density at radius 3 is 2.43 bits per heavy atom. The molecule has 0 spiro atoms. The maximum absolute atomic E-state index is 14.2. The fourth-order valence-electron chi connectivity index (χ4n) is 2.29. The molecule has 0 radical (unpaired) electrons. The van der Waals surface area contributed by atoms with E-state index in [1.54, 1.807) is 12.1 Å². The summed E-state index contributed by atoms with van der Waals surface area (Å²) in [6, 6.07) is 10.6. The van der Waals surface area contributed by atoms with Crippen molar-refractivity contribution in [3.05, 3.63) is 69.7 Å². The molecule has 2 aromatic rings. The number of benzene rings is 2. The first-order valence-corrected chi connectivity index (χ1v) is 7.72. The van der Waals surface area contributed by atoms with Crippen molar-refractivity contribution in [2.75, 3.05) is 14.2 Å². The van der Waals surface area contributed by atoms with Gasteiger partial charge < -0.3 is 0 Å². The van der Waals surface area contributed by atoms with Gasteiger partial charge in [-0.25, -0.2) is 13.8 Å². The lowest BCUT2D eigenvalue weighted by Gasteiger charge is -2.21. The second kappa shape index (κ2) is 7.66. The number of carbonyl (C=O) groups is 1. The molecule has 0 aliphatic carbocycles. The van der Waals surface area contributed by atoms with Crippen LogP contribution in [0.25, 0.3) is 0 Å². The molecule has 0 aliphatic rings. The van der Waals surface area contributed by atoms with Gasteiger partial charge in [-0.3, -0.25) is 9.63 Å². The van der Waals surface area contributed by atoms with Crippen LogP contribution in [-0.4, -0.2) is 25.1 Å². The quantitative estimate of drug-likeness (QED) is 0.721. The molecule has 0 fully saturated rings. The van der Waals surface area contributed by atoms with E-state index in [1.807, 2.05) is 12.1 Å². The summed E-state index contributed by atoms with van der Waals surface area (Å²) in [5.74, 6) is -2.16. The van der Waals surface area contributed by atoms with Crippen LogP contribution in [0.15, 0.2) is 46.9 Å². The number of hydrogen-bond donors (Lipinski definition) is 0. The first-order valence-electron chi connectivity index (χ1n) is 6.93.